The molecule has 0 bridgehead atoms. The Morgan fingerprint density at radius 2 is 2.03 bits per heavy atom. The summed E-state index contributed by atoms with van der Waals surface area (Å²) in [4.78, 5) is 16.7. The first kappa shape index (κ1) is 20.1. The van der Waals surface area contributed by atoms with Crippen LogP contribution >= 0.6 is 0 Å². The van der Waals surface area contributed by atoms with E-state index in [1.807, 2.05) is 53.6 Å². The molecule has 1 amide bonds. The Morgan fingerprint density at radius 1 is 1.28 bits per heavy atom. The van der Waals surface area contributed by atoms with E-state index in [4.69, 9.17) is 0 Å². The van der Waals surface area contributed by atoms with Crippen molar-refractivity contribution in [3.05, 3.63) is 46.8 Å². The smallest absolute Gasteiger partial charge is 0.241 e. The van der Waals surface area contributed by atoms with Crippen LogP contribution in [0.2, 0.25) is 0 Å². The molecule has 4 rings (SSSR count). The number of amides is 1. The molecule has 0 N–H and O–H groups in total. The molecule has 1 saturated heterocycles. The van der Waals surface area contributed by atoms with Gasteiger partial charge in [-0.15, -0.1) is 0 Å². The van der Waals surface area contributed by atoms with E-state index in [1.54, 1.807) is 0 Å². The van der Waals surface area contributed by atoms with E-state index in [2.05, 4.69) is 11.2 Å². The van der Waals surface area contributed by atoms with Crippen LogP contribution in [0.4, 0.5) is 5.69 Å². The summed E-state index contributed by atoms with van der Waals surface area (Å²) in [6, 6.07) is 7.99. The van der Waals surface area contributed by atoms with E-state index in [1.165, 1.54) is 5.56 Å². The zero-order valence-electron chi connectivity index (χ0n) is 17.3. The number of likely N-dealkylation sites (N-methyl/N-ethyl adjacent to an activating group) is 1. The van der Waals surface area contributed by atoms with Crippen molar-refractivity contribution in [2.45, 2.75) is 39.3 Å². The molecule has 0 aliphatic carbocycles. The van der Waals surface area contributed by atoms with Crippen LogP contribution in [0.1, 0.15) is 35.0 Å². The minimum absolute atomic E-state index is 0.0829. The first-order valence-electron chi connectivity index (χ1n) is 10.1. The topological polar surface area (TPSA) is 75.5 Å². The van der Waals surface area contributed by atoms with Gasteiger partial charge in [-0.25, -0.2) is 8.42 Å². The molecule has 29 heavy (non-hydrogen) atoms. The Morgan fingerprint density at radius 3 is 2.76 bits per heavy atom. The zero-order chi connectivity index (χ0) is 20.8. The number of nitrogens with zero attached hydrogens (tertiary/aromatic N) is 4. The first-order valence-corrected chi connectivity index (χ1v) is 11.9. The van der Waals surface area contributed by atoms with Gasteiger partial charge in [0, 0.05) is 30.0 Å². The number of carbonyl (C=O) groups is 1. The molecule has 2 aromatic rings. The fourth-order valence-electron chi connectivity index (χ4n) is 4.49. The molecular formula is C21H28N4O3S. The van der Waals surface area contributed by atoms with E-state index in [0.29, 0.717) is 19.5 Å². The second kappa shape index (κ2) is 7.57. The molecule has 156 valence electrons. The first-order chi connectivity index (χ1) is 13.7. The normalized spacial score (nSPS) is 20.4. The zero-order valence-corrected chi connectivity index (χ0v) is 18.1. The van der Waals surface area contributed by atoms with Crippen LogP contribution in [0.5, 0.6) is 0 Å². The molecule has 3 heterocycles. The summed E-state index contributed by atoms with van der Waals surface area (Å²) in [5, 5.41) is 4.63. The van der Waals surface area contributed by atoms with E-state index < -0.39 is 9.84 Å². The monoisotopic (exact) mass is 416 g/mol. The molecule has 2 aliphatic rings. The molecule has 0 spiro atoms. The van der Waals surface area contributed by atoms with Crippen LogP contribution < -0.4 is 4.90 Å². The van der Waals surface area contributed by atoms with Crippen molar-refractivity contribution in [3.63, 3.8) is 0 Å². The standard InChI is InChI=1S/C21H28N4O3S/c1-15-19(16(2)25(22-15)18-9-11-29(27,28)14-18)12-23(3)13-21(26)24-10-8-17-6-4-5-7-20(17)24/h4-7,18H,8-14H2,1-3H3. The second-order valence-electron chi connectivity index (χ2n) is 8.25. The Balaban J connectivity index is 1.44. The lowest BCUT2D eigenvalue weighted by Crippen LogP contribution is -2.38. The van der Waals surface area contributed by atoms with Crippen molar-refractivity contribution in [2.75, 3.05) is 36.5 Å². The van der Waals surface area contributed by atoms with E-state index in [-0.39, 0.29) is 23.5 Å². The lowest BCUT2D eigenvalue weighted by molar-refractivity contribution is -0.119. The van der Waals surface area contributed by atoms with Crippen LogP contribution in [0, 0.1) is 13.8 Å². The maximum atomic E-state index is 12.9. The van der Waals surface area contributed by atoms with Crippen molar-refractivity contribution < 1.29 is 13.2 Å². The molecule has 8 heteroatoms. The number of aromatic nitrogens is 2. The molecule has 1 unspecified atom stereocenters. The fourth-order valence-corrected chi connectivity index (χ4v) is 6.18. The van der Waals surface area contributed by atoms with Crippen molar-refractivity contribution in [2.24, 2.45) is 0 Å². The molecule has 1 fully saturated rings. The largest absolute Gasteiger partial charge is 0.311 e. The third-order valence-electron chi connectivity index (χ3n) is 6.05. The number of anilines is 1. The van der Waals surface area contributed by atoms with Gasteiger partial charge in [0.1, 0.15) is 0 Å². The Labute approximate surface area is 172 Å². The maximum absolute atomic E-state index is 12.9. The SMILES string of the molecule is Cc1nn(C2CCS(=O)(=O)C2)c(C)c1CN(C)CC(=O)N1CCc2ccccc21. The lowest BCUT2D eigenvalue weighted by atomic mass is 10.1. The highest BCUT2D eigenvalue weighted by atomic mass is 32.2. The summed E-state index contributed by atoms with van der Waals surface area (Å²) in [6.07, 6.45) is 1.52. The van der Waals surface area contributed by atoms with Crippen LogP contribution in [0.15, 0.2) is 24.3 Å². The molecule has 7 nitrogen and oxygen atoms in total. The number of aryl methyl sites for hydroxylation is 1. The van der Waals surface area contributed by atoms with Crippen molar-refractivity contribution in [1.29, 1.82) is 0 Å². The van der Waals surface area contributed by atoms with Gasteiger partial charge in [0.25, 0.3) is 0 Å². The van der Waals surface area contributed by atoms with Crippen LogP contribution in [0.25, 0.3) is 0 Å². The molecule has 0 saturated carbocycles. The van der Waals surface area contributed by atoms with Crippen LogP contribution in [0.3, 0.4) is 0 Å². The third-order valence-corrected chi connectivity index (χ3v) is 7.80. The molecule has 1 atom stereocenters. The minimum atomic E-state index is -2.96. The average Bonchev–Trinajstić information content (AvgIpc) is 3.33. The fraction of sp³-hybridized carbons (Fsp3) is 0.524. The number of sulfone groups is 1. The summed E-state index contributed by atoms with van der Waals surface area (Å²) in [5.74, 6) is 0.496. The molecule has 0 radical (unpaired) electrons. The van der Waals surface area contributed by atoms with Crippen LogP contribution in [-0.2, 0) is 27.6 Å². The van der Waals surface area contributed by atoms with Crippen molar-refractivity contribution in [1.82, 2.24) is 14.7 Å². The summed E-state index contributed by atoms with van der Waals surface area (Å²) in [5.41, 5.74) is 5.22. The van der Waals surface area contributed by atoms with E-state index in [9.17, 15) is 13.2 Å². The highest BCUT2D eigenvalue weighted by molar-refractivity contribution is 7.91. The summed E-state index contributed by atoms with van der Waals surface area (Å²) in [6.45, 7) is 5.62. The molecule has 1 aromatic carbocycles. The van der Waals surface area contributed by atoms with E-state index >= 15 is 0 Å². The van der Waals surface area contributed by atoms with Gasteiger partial charge in [0.2, 0.25) is 5.91 Å². The van der Waals surface area contributed by atoms with Gasteiger partial charge in [0.05, 0.1) is 29.8 Å². The highest BCUT2D eigenvalue weighted by Gasteiger charge is 2.32. The number of fused-ring (bicyclic) bond motifs is 1. The van der Waals surface area contributed by atoms with Crippen molar-refractivity contribution in [3.8, 4) is 0 Å². The summed E-state index contributed by atoms with van der Waals surface area (Å²) < 4.78 is 25.6. The Bertz CT molecular complexity index is 1040. The van der Waals surface area contributed by atoms with Gasteiger partial charge in [0.15, 0.2) is 9.84 Å². The number of para-hydroxylation sites is 1. The van der Waals surface area contributed by atoms with Crippen LogP contribution in [-0.4, -0.2) is 60.6 Å². The number of hydrogen-bond donors (Lipinski definition) is 0. The predicted octanol–water partition coefficient (Wildman–Crippen LogP) is 1.88. The second-order valence-corrected chi connectivity index (χ2v) is 10.5. The molecular weight excluding hydrogens is 388 g/mol. The highest BCUT2D eigenvalue weighted by Crippen LogP contribution is 2.29. The Hall–Kier alpha value is -2.19. The van der Waals surface area contributed by atoms with Crippen molar-refractivity contribution >= 4 is 21.4 Å². The molecule has 1 aromatic heterocycles. The van der Waals surface area contributed by atoms with E-state index in [0.717, 1.165) is 35.6 Å². The number of hydrogen-bond acceptors (Lipinski definition) is 5. The van der Waals surface area contributed by atoms with Gasteiger partial charge in [-0.1, -0.05) is 18.2 Å². The lowest BCUT2D eigenvalue weighted by Gasteiger charge is -2.22. The van der Waals surface area contributed by atoms with Gasteiger partial charge in [-0.3, -0.25) is 14.4 Å². The number of carbonyl (C=O) groups excluding carboxylic acids is 1. The van der Waals surface area contributed by atoms with Gasteiger partial charge < -0.3 is 4.90 Å². The maximum Gasteiger partial charge on any atom is 0.241 e. The summed E-state index contributed by atoms with van der Waals surface area (Å²) >= 11 is 0. The summed E-state index contributed by atoms with van der Waals surface area (Å²) in [7, 11) is -1.02. The Kier molecular flexibility index (Phi) is 5.25. The minimum Gasteiger partial charge on any atom is -0.311 e. The number of benzene rings is 1. The average molecular weight is 417 g/mol. The quantitative estimate of drug-likeness (QED) is 0.744. The molecule has 2 aliphatic heterocycles. The third kappa shape index (κ3) is 3.96. The van der Waals surface area contributed by atoms with Gasteiger partial charge in [-0.05, 0) is 45.4 Å². The predicted molar refractivity (Wildman–Crippen MR) is 113 cm³/mol. The van der Waals surface area contributed by atoms with Gasteiger partial charge >= 0.3 is 0 Å². The van der Waals surface area contributed by atoms with Gasteiger partial charge in [-0.2, -0.15) is 5.10 Å². The number of rotatable bonds is 5.